The molecule has 1 fully saturated rings. The topological polar surface area (TPSA) is 67.2 Å². The van der Waals surface area contributed by atoms with Crippen LogP contribution in [0.5, 0.6) is 0 Å². The molecule has 9 heavy (non-hydrogen) atoms. The average Bonchev–Trinajstić information content (AvgIpc) is 1.96. The molecule has 0 aromatic heterocycles. The van der Waals surface area contributed by atoms with E-state index < -0.39 is 5.54 Å². The maximum atomic E-state index is 10.7. The van der Waals surface area contributed by atoms with Crippen molar-refractivity contribution >= 4 is 23.1 Å². The SMILES string of the molecule is CC1(N)C(=O)NNC1=S. The summed E-state index contributed by atoms with van der Waals surface area (Å²) in [6, 6.07) is 0. The lowest BCUT2D eigenvalue weighted by molar-refractivity contribution is -0.122. The van der Waals surface area contributed by atoms with Gasteiger partial charge in [-0.1, -0.05) is 12.2 Å². The van der Waals surface area contributed by atoms with Gasteiger partial charge in [-0.15, -0.1) is 0 Å². The molecule has 1 heterocycles. The summed E-state index contributed by atoms with van der Waals surface area (Å²) in [5.41, 5.74) is 9.20. The van der Waals surface area contributed by atoms with E-state index in [1.165, 1.54) is 0 Å². The van der Waals surface area contributed by atoms with Gasteiger partial charge < -0.3 is 5.73 Å². The Balaban J connectivity index is 2.91. The van der Waals surface area contributed by atoms with Crippen LogP contribution in [0.2, 0.25) is 0 Å². The molecule has 4 nitrogen and oxygen atoms in total. The minimum absolute atomic E-state index is 0.285. The van der Waals surface area contributed by atoms with Crippen molar-refractivity contribution in [3.05, 3.63) is 0 Å². The molecule has 0 radical (unpaired) electrons. The molecule has 1 atom stereocenters. The number of carbonyl (C=O) groups is 1. The lowest BCUT2D eigenvalue weighted by Gasteiger charge is -2.09. The molecule has 0 aromatic rings. The number of amides is 1. The molecule has 1 rings (SSSR count). The van der Waals surface area contributed by atoms with Crippen LogP contribution in [-0.4, -0.2) is 16.4 Å². The molecule has 1 amide bonds. The summed E-state index contributed by atoms with van der Waals surface area (Å²) in [4.78, 5) is 11.1. The van der Waals surface area contributed by atoms with Gasteiger partial charge in [-0.05, 0) is 6.92 Å². The fourth-order valence-electron chi connectivity index (χ4n) is 0.476. The molecule has 1 aliphatic heterocycles. The average molecular weight is 145 g/mol. The molecular weight excluding hydrogens is 138 g/mol. The number of nitrogens with one attached hydrogen (secondary N) is 2. The fraction of sp³-hybridized carbons (Fsp3) is 0.500. The Labute approximate surface area is 57.8 Å². The molecule has 0 aromatic carbocycles. The van der Waals surface area contributed by atoms with Crippen LogP contribution in [0.25, 0.3) is 0 Å². The van der Waals surface area contributed by atoms with Gasteiger partial charge in [-0.2, -0.15) is 0 Å². The third-order valence-corrected chi connectivity index (χ3v) is 1.76. The standard InChI is InChI=1S/C4H7N3OS/c1-4(5)2(8)6-7-3(4)9/h5H2,1H3,(H,6,8)(H,7,9). The first kappa shape index (κ1) is 6.44. The van der Waals surface area contributed by atoms with Gasteiger partial charge in [0.1, 0.15) is 10.5 Å². The van der Waals surface area contributed by atoms with Gasteiger partial charge in [0, 0.05) is 0 Å². The van der Waals surface area contributed by atoms with Crippen molar-refractivity contribution in [2.24, 2.45) is 5.73 Å². The highest BCUT2D eigenvalue weighted by molar-refractivity contribution is 7.80. The molecule has 1 unspecified atom stereocenters. The van der Waals surface area contributed by atoms with Crippen LogP contribution >= 0.6 is 12.2 Å². The van der Waals surface area contributed by atoms with Crippen LogP contribution in [0.3, 0.4) is 0 Å². The minimum Gasteiger partial charge on any atom is -0.312 e. The Hall–Kier alpha value is -0.680. The highest BCUT2D eigenvalue weighted by atomic mass is 32.1. The molecule has 4 N–H and O–H groups in total. The first-order valence-corrected chi connectivity index (χ1v) is 2.86. The molecule has 50 valence electrons. The quantitative estimate of drug-likeness (QED) is 0.369. The van der Waals surface area contributed by atoms with Crippen molar-refractivity contribution in [2.75, 3.05) is 0 Å². The lowest BCUT2D eigenvalue weighted by atomic mass is 10.1. The van der Waals surface area contributed by atoms with Gasteiger partial charge in [-0.25, -0.2) is 0 Å². The number of hydrazine groups is 1. The Morgan fingerprint density at radius 3 is 2.33 bits per heavy atom. The first-order valence-electron chi connectivity index (χ1n) is 2.45. The zero-order valence-corrected chi connectivity index (χ0v) is 5.71. The summed E-state index contributed by atoms with van der Waals surface area (Å²) in [7, 11) is 0. The Kier molecular flexibility index (Phi) is 1.18. The van der Waals surface area contributed by atoms with Crippen molar-refractivity contribution in [3.8, 4) is 0 Å². The number of thiocarbonyl (C=S) groups is 1. The number of nitrogens with two attached hydrogens (primary N) is 1. The third-order valence-electron chi connectivity index (χ3n) is 1.23. The van der Waals surface area contributed by atoms with E-state index in [-0.39, 0.29) is 5.91 Å². The fourth-order valence-corrected chi connectivity index (χ4v) is 0.620. The predicted octanol–water partition coefficient (Wildman–Crippen LogP) is -1.33. The van der Waals surface area contributed by atoms with Crippen LogP contribution in [0.1, 0.15) is 6.92 Å². The molecule has 0 bridgehead atoms. The molecule has 0 spiro atoms. The summed E-state index contributed by atoms with van der Waals surface area (Å²) < 4.78 is 0. The van der Waals surface area contributed by atoms with Gasteiger partial charge in [-0.3, -0.25) is 15.6 Å². The summed E-state index contributed by atoms with van der Waals surface area (Å²) in [5, 5.41) is 0. The van der Waals surface area contributed by atoms with Crippen LogP contribution in [0, 0.1) is 0 Å². The Bertz CT molecular complexity index is 159. The largest absolute Gasteiger partial charge is 0.312 e. The molecule has 1 saturated heterocycles. The van der Waals surface area contributed by atoms with Crippen molar-refractivity contribution in [2.45, 2.75) is 12.5 Å². The van der Waals surface area contributed by atoms with Crippen molar-refractivity contribution in [3.63, 3.8) is 0 Å². The monoisotopic (exact) mass is 145 g/mol. The van der Waals surface area contributed by atoms with Gasteiger partial charge in [0.05, 0.1) is 0 Å². The van der Waals surface area contributed by atoms with Gasteiger partial charge in [0.2, 0.25) is 0 Å². The van der Waals surface area contributed by atoms with Crippen molar-refractivity contribution < 1.29 is 4.79 Å². The number of hydrogen-bond donors (Lipinski definition) is 3. The molecule has 1 aliphatic rings. The lowest BCUT2D eigenvalue weighted by Crippen LogP contribution is -2.48. The second-order valence-electron chi connectivity index (χ2n) is 2.11. The zero-order chi connectivity index (χ0) is 7.07. The summed E-state index contributed by atoms with van der Waals surface area (Å²) in [6.45, 7) is 1.56. The van der Waals surface area contributed by atoms with E-state index in [1.807, 2.05) is 0 Å². The molecule has 5 heteroatoms. The van der Waals surface area contributed by atoms with Gasteiger partial charge in [0.15, 0.2) is 0 Å². The van der Waals surface area contributed by atoms with E-state index in [1.54, 1.807) is 6.92 Å². The molecule has 0 saturated carbocycles. The van der Waals surface area contributed by atoms with E-state index >= 15 is 0 Å². The van der Waals surface area contributed by atoms with Crippen molar-refractivity contribution in [1.29, 1.82) is 0 Å². The molecule has 0 aliphatic carbocycles. The summed E-state index contributed by atoms with van der Waals surface area (Å²) in [6.07, 6.45) is 0. The van der Waals surface area contributed by atoms with E-state index in [0.29, 0.717) is 4.99 Å². The maximum Gasteiger partial charge on any atom is 0.265 e. The van der Waals surface area contributed by atoms with Crippen LogP contribution in [0.4, 0.5) is 0 Å². The number of hydrogen-bond acceptors (Lipinski definition) is 3. The highest BCUT2D eigenvalue weighted by Gasteiger charge is 2.38. The van der Waals surface area contributed by atoms with Gasteiger partial charge in [0.25, 0.3) is 5.91 Å². The maximum absolute atomic E-state index is 10.7. The van der Waals surface area contributed by atoms with Gasteiger partial charge >= 0.3 is 0 Å². The van der Waals surface area contributed by atoms with E-state index in [9.17, 15) is 4.79 Å². The smallest absolute Gasteiger partial charge is 0.265 e. The minimum atomic E-state index is -1.02. The highest BCUT2D eigenvalue weighted by Crippen LogP contribution is 2.04. The Morgan fingerprint density at radius 1 is 1.67 bits per heavy atom. The molecular formula is C4H7N3OS. The van der Waals surface area contributed by atoms with E-state index in [0.717, 1.165) is 0 Å². The third kappa shape index (κ3) is 0.778. The zero-order valence-electron chi connectivity index (χ0n) is 4.89. The second kappa shape index (κ2) is 1.65. The predicted molar refractivity (Wildman–Crippen MR) is 36.5 cm³/mol. The first-order chi connectivity index (χ1) is 4.05. The van der Waals surface area contributed by atoms with Crippen LogP contribution in [0.15, 0.2) is 0 Å². The van der Waals surface area contributed by atoms with Crippen LogP contribution in [-0.2, 0) is 4.79 Å². The normalized spacial score (nSPS) is 34.0. The van der Waals surface area contributed by atoms with E-state index in [2.05, 4.69) is 10.9 Å². The van der Waals surface area contributed by atoms with E-state index in [4.69, 9.17) is 18.0 Å². The second-order valence-corrected chi connectivity index (χ2v) is 2.52. The number of rotatable bonds is 0. The number of carbonyl (C=O) groups excluding carboxylic acids is 1. The van der Waals surface area contributed by atoms with Crippen molar-refractivity contribution in [1.82, 2.24) is 10.9 Å². The Morgan fingerprint density at radius 2 is 2.22 bits per heavy atom. The summed E-state index contributed by atoms with van der Waals surface area (Å²) >= 11 is 4.71. The summed E-state index contributed by atoms with van der Waals surface area (Å²) in [5.74, 6) is -0.285. The van der Waals surface area contributed by atoms with Crippen LogP contribution < -0.4 is 16.6 Å².